The summed E-state index contributed by atoms with van der Waals surface area (Å²) in [5.41, 5.74) is 0. The summed E-state index contributed by atoms with van der Waals surface area (Å²) in [7, 11) is 0. The Morgan fingerprint density at radius 3 is 2.09 bits per heavy atom. The molecule has 63 valence electrons. The summed E-state index contributed by atoms with van der Waals surface area (Å²) in [6, 6.07) is 0. The van der Waals surface area contributed by atoms with Gasteiger partial charge >= 0.3 is 0 Å². The summed E-state index contributed by atoms with van der Waals surface area (Å²) in [6.07, 6.45) is 0. The van der Waals surface area contributed by atoms with Gasteiger partial charge in [-0.1, -0.05) is 13.8 Å². The minimum atomic E-state index is 0. The van der Waals surface area contributed by atoms with Crippen LogP contribution in [0.5, 0.6) is 0 Å². The topological polar surface area (TPSA) is 20.3 Å². The molecule has 1 radical (unpaired) electrons. The Morgan fingerprint density at radius 2 is 2.00 bits per heavy atom. The molecule has 0 heterocycles. The Kier molecular flexibility index (Phi) is 9.29. The summed E-state index contributed by atoms with van der Waals surface area (Å²) < 4.78 is 0. The standard InChI is InChI=1S/C8H16NO.Y/c1-5-9(8(4)10)6-7(2)3;/h5,7H,6H2,1-4H3;/q-1;. The number of rotatable bonds is 3. The molecule has 11 heavy (non-hydrogen) atoms. The van der Waals surface area contributed by atoms with E-state index in [2.05, 4.69) is 13.8 Å². The summed E-state index contributed by atoms with van der Waals surface area (Å²) in [6.45, 7) is 10.3. The van der Waals surface area contributed by atoms with Gasteiger partial charge in [0.1, 0.15) is 0 Å². The van der Waals surface area contributed by atoms with Gasteiger partial charge in [0.25, 0.3) is 0 Å². The molecule has 0 aliphatic heterocycles. The van der Waals surface area contributed by atoms with Crippen LogP contribution in [0.25, 0.3) is 0 Å². The van der Waals surface area contributed by atoms with Crippen LogP contribution in [0.15, 0.2) is 0 Å². The first kappa shape index (κ1) is 14.1. The van der Waals surface area contributed by atoms with Crippen molar-refractivity contribution in [1.82, 2.24) is 4.90 Å². The number of carbonyl (C=O) groups is 1. The monoisotopic (exact) mass is 231 g/mol. The number of nitrogens with zero attached hydrogens (tertiary/aromatic N) is 1. The molecular weight excluding hydrogens is 215 g/mol. The molecule has 1 amide bonds. The Bertz CT molecular complexity index is 115. The van der Waals surface area contributed by atoms with E-state index in [4.69, 9.17) is 0 Å². The van der Waals surface area contributed by atoms with Crippen LogP contribution in [0.3, 0.4) is 0 Å². The zero-order valence-corrected chi connectivity index (χ0v) is 10.6. The quantitative estimate of drug-likeness (QED) is 0.676. The average Bonchev–Trinajstić information content (AvgIpc) is 1.81. The molecule has 0 unspecified atom stereocenters. The van der Waals surface area contributed by atoms with Crippen molar-refractivity contribution < 1.29 is 37.5 Å². The molecule has 0 spiro atoms. The largest absolute Gasteiger partial charge is 0.493 e. The molecule has 0 aromatic carbocycles. The maximum Gasteiger partial charge on any atom is 0.190 e. The fraction of sp³-hybridized carbons (Fsp3) is 0.750. The van der Waals surface area contributed by atoms with Crippen molar-refractivity contribution in [2.75, 3.05) is 6.54 Å². The van der Waals surface area contributed by atoms with Gasteiger partial charge in [-0.05, 0) is 12.5 Å². The van der Waals surface area contributed by atoms with E-state index in [0.29, 0.717) is 5.92 Å². The van der Waals surface area contributed by atoms with E-state index in [-0.39, 0.29) is 38.6 Å². The van der Waals surface area contributed by atoms with Crippen LogP contribution in [0, 0.1) is 12.5 Å². The molecular formula is C8H16NOY-. The molecule has 0 aromatic heterocycles. The van der Waals surface area contributed by atoms with E-state index in [9.17, 15) is 4.79 Å². The van der Waals surface area contributed by atoms with Crippen LogP contribution in [0.4, 0.5) is 0 Å². The van der Waals surface area contributed by atoms with E-state index in [1.54, 1.807) is 11.8 Å². The number of hydrogen-bond acceptors (Lipinski definition) is 1. The van der Waals surface area contributed by atoms with E-state index in [1.807, 2.05) is 13.5 Å². The summed E-state index contributed by atoms with van der Waals surface area (Å²) >= 11 is 0. The molecule has 0 atom stereocenters. The fourth-order valence-electron chi connectivity index (χ4n) is 0.809. The minimum Gasteiger partial charge on any atom is -0.493 e. The minimum absolute atomic E-state index is 0. The molecule has 0 bridgehead atoms. The molecule has 0 saturated heterocycles. The number of hydrogen-bond donors (Lipinski definition) is 0. The van der Waals surface area contributed by atoms with Crippen molar-refractivity contribution in [2.24, 2.45) is 5.92 Å². The van der Waals surface area contributed by atoms with Gasteiger partial charge in [0.15, 0.2) is 5.91 Å². The van der Waals surface area contributed by atoms with Crippen molar-refractivity contribution >= 4 is 5.91 Å². The van der Waals surface area contributed by atoms with Gasteiger partial charge in [-0.25, -0.2) is 6.54 Å². The predicted molar refractivity (Wildman–Crippen MR) is 42.2 cm³/mol. The van der Waals surface area contributed by atoms with E-state index in [0.717, 1.165) is 6.54 Å². The van der Waals surface area contributed by atoms with Crippen LogP contribution in [-0.2, 0) is 37.5 Å². The molecule has 0 saturated carbocycles. The molecule has 0 N–H and O–H groups in total. The van der Waals surface area contributed by atoms with Crippen LogP contribution in [0.2, 0.25) is 0 Å². The molecule has 0 rings (SSSR count). The fourth-order valence-corrected chi connectivity index (χ4v) is 0.809. The van der Waals surface area contributed by atoms with Gasteiger partial charge in [-0.3, -0.25) is 4.79 Å². The van der Waals surface area contributed by atoms with Crippen molar-refractivity contribution in [1.29, 1.82) is 0 Å². The maximum absolute atomic E-state index is 10.8. The van der Waals surface area contributed by atoms with Gasteiger partial charge in [0.05, 0.1) is 0 Å². The van der Waals surface area contributed by atoms with E-state index < -0.39 is 0 Å². The first-order chi connectivity index (χ1) is 4.57. The Labute approximate surface area is 94.6 Å². The second-order valence-electron chi connectivity index (χ2n) is 2.82. The number of amides is 1. The van der Waals surface area contributed by atoms with E-state index >= 15 is 0 Å². The predicted octanol–water partition coefficient (Wildman–Crippen LogP) is 1.67. The third kappa shape index (κ3) is 6.95. The van der Waals surface area contributed by atoms with Gasteiger partial charge < -0.3 is 4.90 Å². The first-order valence-corrected chi connectivity index (χ1v) is 3.64. The molecule has 0 fully saturated rings. The van der Waals surface area contributed by atoms with Crippen molar-refractivity contribution in [3.05, 3.63) is 6.54 Å². The average molecular weight is 231 g/mol. The van der Waals surface area contributed by atoms with Gasteiger partial charge in [-0.15, -0.1) is 0 Å². The van der Waals surface area contributed by atoms with Crippen LogP contribution < -0.4 is 0 Å². The normalized spacial score (nSPS) is 9.18. The third-order valence-electron chi connectivity index (χ3n) is 1.28. The van der Waals surface area contributed by atoms with Crippen molar-refractivity contribution in [3.63, 3.8) is 0 Å². The van der Waals surface area contributed by atoms with Gasteiger partial charge in [0.2, 0.25) is 0 Å². The zero-order valence-electron chi connectivity index (χ0n) is 7.79. The van der Waals surface area contributed by atoms with Crippen molar-refractivity contribution in [3.8, 4) is 0 Å². The Balaban J connectivity index is 0. The first-order valence-electron chi connectivity index (χ1n) is 3.64. The summed E-state index contributed by atoms with van der Waals surface area (Å²) in [5.74, 6) is 0.663. The van der Waals surface area contributed by atoms with Gasteiger partial charge in [0, 0.05) is 39.6 Å². The molecule has 0 aliphatic carbocycles. The number of carbonyl (C=O) groups excluding carboxylic acids is 1. The molecule has 0 aromatic rings. The second-order valence-corrected chi connectivity index (χ2v) is 2.82. The van der Waals surface area contributed by atoms with E-state index in [1.165, 1.54) is 0 Å². The second kappa shape index (κ2) is 7.24. The molecule has 3 heteroatoms. The Morgan fingerprint density at radius 1 is 1.55 bits per heavy atom. The third-order valence-corrected chi connectivity index (χ3v) is 1.28. The summed E-state index contributed by atoms with van der Waals surface area (Å²) in [5, 5.41) is 0. The van der Waals surface area contributed by atoms with Gasteiger partial charge in [-0.2, -0.15) is 6.92 Å². The Hall–Kier alpha value is 0.574. The van der Waals surface area contributed by atoms with Crippen LogP contribution >= 0.6 is 0 Å². The van der Waals surface area contributed by atoms with Crippen LogP contribution in [-0.4, -0.2) is 17.4 Å². The van der Waals surface area contributed by atoms with Crippen LogP contribution in [0.1, 0.15) is 27.7 Å². The van der Waals surface area contributed by atoms with Crippen molar-refractivity contribution in [2.45, 2.75) is 27.7 Å². The maximum atomic E-state index is 10.8. The zero-order chi connectivity index (χ0) is 8.15. The SMILES string of the molecule is C[CH-]N(CC(C)C)C(C)=O.[Y]. The summed E-state index contributed by atoms with van der Waals surface area (Å²) in [4.78, 5) is 12.5. The smallest absolute Gasteiger partial charge is 0.190 e. The molecule has 0 aliphatic rings. The molecule has 2 nitrogen and oxygen atoms in total.